The highest BCUT2D eigenvalue weighted by molar-refractivity contribution is 5.73. The molecular formula is C9H16N2O6. The normalized spacial score (nSPS) is 12.4. The second kappa shape index (κ2) is 7.58. The number of carbonyl (C=O) groups is 3. The number of carboxylic acids is 3. The number of hydrogen-bond acceptors (Lipinski definition) is 5. The van der Waals surface area contributed by atoms with E-state index in [4.69, 9.17) is 21.1 Å². The highest BCUT2D eigenvalue weighted by Crippen LogP contribution is 1.99. The van der Waals surface area contributed by atoms with Gasteiger partial charge in [-0.2, -0.15) is 0 Å². The van der Waals surface area contributed by atoms with Crippen LogP contribution in [0.15, 0.2) is 0 Å². The van der Waals surface area contributed by atoms with Crippen LogP contribution in [0.4, 0.5) is 0 Å². The topological polar surface area (TPSA) is 141 Å². The van der Waals surface area contributed by atoms with Gasteiger partial charge in [0.05, 0.1) is 13.1 Å². The first-order valence-corrected chi connectivity index (χ1v) is 4.97. The van der Waals surface area contributed by atoms with Crippen LogP contribution >= 0.6 is 0 Å². The highest BCUT2D eigenvalue weighted by atomic mass is 16.4. The fourth-order valence-corrected chi connectivity index (χ4v) is 1.25. The van der Waals surface area contributed by atoms with E-state index in [2.05, 4.69) is 0 Å². The molecule has 0 aliphatic rings. The molecule has 0 aliphatic carbocycles. The van der Waals surface area contributed by atoms with E-state index in [0.717, 1.165) is 0 Å². The summed E-state index contributed by atoms with van der Waals surface area (Å²) in [7, 11) is 0. The number of hydrogen-bond donors (Lipinski definition) is 4. The summed E-state index contributed by atoms with van der Waals surface area (Å²) in [5, 5.41) is 25.6. The number of rotatable bonds is 9. The minimum atomic E-state index is -1.13. The first-order chi connectivity index (χ1) is 7.82. The SMILES string of the molecule is N[C@@H](CCCN(CC(=O)O)CC(=O)O)C(=O)O. The van der Waals surface area contributed by atoms with E-state index in [1.807, 2.05) is 0 Å². The maximum Gasteiger partial charge on any atom is 0.320 e. The minimum absolute atomic E-state index is 0.172. The lowest BCUT2D eigenvalue weighted by Crippen LogP contribution is -2.36. The van der Waals surface area contributed by atoms with E-state index < -0.39 is 37.0 Å². The number of nitrogens with zero attached hydrogens (tertiary/aromatic N) is 1. The molecule has 0 radical (unpaired) electrons. The molecule has 0 aromatic rings. The van der Waals surface area contributed by atoms with Crippen molar-refractivity contribution in [3.63, 3.8) is 0 Å². The Bertz CT molecular complexity index is 277. The maximum absolute atomic E-state index is 10.4. The molecule has 0 saturated heterocycles. The Morgan fingerprint density at radius 3 is 1.88 bits per heavy atom. The number of carboxylic acid groups (broad SMARTS) is 3. The van der Waals surface area contributed by atoms with Gasteiger partial charge in [0.15, 0.2) is 0 Å². The summed E-state index contributed by atoms with van der Waals surface area (Å²) < 4.78 is 0. The number of aliphatic carboxylic acids is 3. The predicted octanol–water partition coefficient (Wildman–Crippen LogP) is -1.35. The van der Waals surface area contributed by atoms with Crippen LogP contribution in [0.2, 0.25) is 0 Å². The van der Waals surface area contributed by atoms with Crippen LogP contribution in [0.5, 0.6) is 0 Å². The molecule has 0 saturated carbocycles. The molecule has 8 nitrogen and oxygen atoms in total. The molecule has 0 aromatic carbocycles. The first kappa shape index (κ1) is 15.3. The van der Waals surface area contributed by atoms with Crippen molar-refractivity contribution in [3.05, 3.63) is 0 Å². The lowest BCUT2D eigenvalue weighted by atomic mass is 10.1. The van der Waals surface area contributed by atoms with Gasteiger partial charge in [-0.25, -0.2) is 0 Å². The lowest BCUT2D eigenvalue weighted by Gasteiger charge is -2.18. The van der Waals surface area contributed by atoms with Crippen LogP contribution in [0, 0.1) is 0 Å². The van der Waals surface area contributed by atoms with Crippen LogP contribution in [-0.2, 0) is 14.4 Å². The summed E-state index contributed by atoms with van der Waals surface area (Å²) >= 11 is 0. The zero-order valence-electron chi connectivity index (χ0n) is 9.20. The average Bonchev–Trinajstić information content (AvgIpc) is 2.14. The van der Waals surface area contributed by atoms with Crippen molar-refractivity contribution in [3.8, 4) is 0 Å². The Kier molecular flexibility index (Phi) is 6.83. The van der Waals surface area contributed by atoms with E-state index >= 15 is 0 Å². The smallest absolute Gasteiger partial charge is 0.320 e. The molecule has 0 aliphatic heterocycles. The molecule has 0 rings (SSSR count). The quantitative estimate of drug-likeness (QED) is 0.392. The summed E-state index contributed by atoms with van der Waals surface area (Å²) in [6, 6.07) is -1.01. The molecule has 0 amide bonds. The molecule has 5 N–H and O–H groups in total. The third-order valence-corrected chi connectivity index (χ3v) is 2.02. The van der Waals surface area contributed by atoms with Gasteiger partial charge in [-0.15, -0.1) is 0 Å². The molecule has 0 unspecified atom stereocenters. The fraction of sp³-hybridized carbons (Fsp3) is 0.667. The predicted molar refractivity (Wildman–Crippen MR) is 56.6 cm³/mol. The Hall–Kier alpha value is -1.67. The van der Waals surface area contributed by atoms with Gasteiger partial charge in [-0.05, 0) is 19.4 Å². The molecule has 1 atom stereocenters. The summed E-state index contributed by atoms with van der Waals surface area (Å²) in [4.78, 5) is 32.5. The number of nitrogens with two attached hydrogens (primary N) is 1. The molecule has 8 heteroatoms. The Balaban J connectivity index is 4.03. The van der Waals surface area contributed by atoms with Crippen molar-refractivity contribution in [2.75, 3.05) is 19.6 Å². The van der Waals surface area contributed by atoms with Gasteiger partial charge < -0.3 is 21.1 Å². The fourth-order valence-electron chi connectivity index (χ4n) is 1.25. The van der Waals surface area contributed by atoms with E-state index in [-0.39, 0.29) is 13.0 Å². The molecule has 98 valence electrons. The van der Waals surface area contributed by atoms with Crippen LogP contribution < -0.4 is 5.73 Å². The van der Waals surface area contributed by atoms with E-state index in [0.29, 0.717) is 6.42 Å². The molecule has 0 fully saturated rings. The summed E-state index contributed by atoms with van der Waals surface area (Å²) in [6.45, 7) is -0.608. The van der Waals surface area contributed by atoms with Crippen molar-refractivity contribution in [2.45, 2.75) is 18.9 Å². The molecule has 17 heavy (non-hydrogen) atoms. The Morgan fingerprint density at radius 1 is 1.06 bits per heavy atom. The third-order valence-electron chi connectivity index (χ3n) is 2.02. The van der Waals surface area contributed by atoms with E-state index in [1.54, 1.807) is 0 Å². The van der Waals surface area contributed by atoms with Crippen molar-refractivity contribution < 1.29 is 29.7 Å². The van der Waals surface area contributed by atoms with Gasteiger partial charge in [0, 0.05) is 0 Å². The second-order valence-corrected chi connectivity index (χ2v) is 3.59. The van der Waals surface area contributed by atoms with Gasteiger partial charge in [-0.1, -0.05) is 0 Å². The van der Waals surface area contributed by atoms with Gasteiger partial charge in [0.1, 0.15) is 6.04 Å². The standard InChI is InChI=1S/C9H16N2O6/c10-6(9(16)17)2-1-3-11(4-7(12)13)5-8(14)15/h6H,1-5,10H2,(H,12,13)(H,14,15)(H,16,17)/t6-/m0/s1. The van der Waals surface area contributed by atoms with Crippen molar-refractivity contribution in [1.82, 2.24) is 4.90 Å². The third kappa shape index (κ3) is 8.17. The van der Waals surface area contributed by atoms with Crippen LogP contribution in [0.1, 0.15) is 12.8 Å². The Morgan fingerprint density at radius 2 is 1.53 bits per heavy atom. The van der Waals surface area contributed by atoms with Crippen molar-refractivity contribution >= 4 is 17.9 Å². The summed E-state index contributed by atoms with van der Waals surface area (Å²) in [6.07, 6.45) is 0.499. The maximum atomic E-state index is 10.4. The van der Waals surface area contributed by atoms with E-state index in [9.17, 15) is 14.4 Å². The summed E-state index contributed by atoms with van der Waals surface area (Å²) in [5.74, 6) is -3.39. The molecule has 0 heterocycles. The summed E-state index contributed by atoms with van der Waals surface area (Å²) in [5.41, 5.74) is 5.25. The molecule has 0 spiro atoms. The second-order valence-electron chi connectivity index (χ2n) is 3.59. The molecule has 0 aromatic heterocycles. The van der Waals surface area contributed by atoms with Crippen LogP contribution in [0.25, 0.3) is 0 Å². The molecular weight excluding hydrogens is 232 g/mol. The zero-order valence-corrected chi connectivity index (χ0v) is 9.20. The largest absolute Gasteiger partial charge is 0.480 e. The van der Waals surface area contributed by atoms with Crippen molar-refractivity contribution in [1.29, 1.82) is 0 Å². The minimum Gasteiger partial charge on any atom is -0.480 e. The zero-order chi connectivity index (χ0) is 13.4. The highest BCUT2D eigenvalue weighted by Gasteiger charge is 2.15. The van der Waals surface area contributed by atoms with Crippen LogP contribution in [-0.4, -0.2) is 63.8 Å². The molecule has 0 bridgehead atoms. The van der Waals surface area contributed by atoms with Crippen molar-refractivity contribution in [2.24, 2.45) is 5.73 Å². The average molecular weight is 248 g/mol. The van der Waals surface area contributed by atoms with Gasteiger partial charge in [0.25, 0.3) is 0 Å². The van der Waals surface area contributed by atoms with Gasteiger partial charge in [0.2, 0.25) is 0 Å². The Labute approximate surface area is 97.6 Å². The van der Waals surface area contributed by atoms with E-state index in [1.165, 1.54) is 4.90 Å². The van der Waals surface area contributed by atoms with Gasteiger partial charge in [-0.3, -0.25) is 19.3 Å². The monoisotopic (exact) mass is 248 g/mol. The van der Waals surface area contributed by atoms with Crippen LogP contribution in [0.3, 0.4) is 0 Å². The van der Waals surface area contributed by atoms with Gasteiger partial charge >= 0.3 is 17.9 Å². The lowest BCUT2D eigenvalue weighted by molar-refractivity contribution is -0.142. The first-order valence-electron chi connectivity index (χ1n) is 4.97.